The number of nitrogens with one attached hydrogen (secondary N) is 1. The average molecular weight is 313 g/mol. The Balaban J connectivity index is 1.85. The largest absolute Gasteiger partial charge is 0.334 e. The highest BCUT2D eigenvalue weighted by molar-refractivity contribution is 7.16. The molecule has 0 saturated carbocycles. The van der Waals surface area contributed by atoms with Gasteiger partial charge in [0.15, 0.2) is 0 Å². The van der Waals surface area contributed by atoms with Crippen molar-refractivity contribution in [1.29, 1.82) is 0 Å². The first-order chi connectivity index (χ1) is 9.69. The maximum Gasteiger partial charge on any atom is 0.223 e. The molecule has 0 radical (unpaired) electrons. The normalized spacial score (nSPS) is 18.1. The van der Waals surface area contributed by atoms with Crippen molar-refractivity contribution in [2.45, 2.75) is 25.8 Å². The van der Waals surface area contributed by atoms with Crippen LogP contribution in [0.5, 0.6) is 0 Å². The highest BCUT2D eigenvalue weighted by Gasteiger charge is 2.18. The molecule has 110 valence electrons. The number of rotatable bonds is 7. The van der Waals surface area contributed by atoms with Gasteiger partial charge < -0.3 is 10.2 Å². The van der Waals surface area contributed by atoms with Gasteiger partial charge in [0, 0.05) is 17.8 Å². The second-order valence-electron chi connectivity index (χ2n) is 5.17. The van der Waals surface area contributed by atoms with E-state index in [-0.39, 0.29) is 5.91 Å². The van der Waals surface area contributed by atoms with E-state index in [0.717, 1.165) is 28.7 Å². The monoisotopic (exact) mass is 312 g/mol. The zero-order valence-corrected chi connectivity index (χ0v) is 13.2. The molecule has 5 heteroatoms. The van der Waals surface area contributed by atoms with Crippen LogP contribution in [0.15, 0.2) is 24.8 Å². The van der Waals surface area contributed by atoms with Crippen molar-refractivity contribution in [3.63, 3.8) is 0 Å². The molecule has 0 aliphatic carbocycles. The number of carbonyl (C=O) groups excluding carboxylic acids is 1. The first-order valence-electron chi connectivity index (χ1n) is 7.02. The Bertz CT molecular complexity index is 454. The standard InChI is InChI=1S/C15H21ClN2OS/c1-2-9-18(11-13-4-5-14(16)20-13)15(19)6-3-12-7-8-17-10-12/h2,4-5,12,17H,1,3,6-11H2. The molecule has 1 saturated heterocycles. The second-order valence-corrected chi connectivity index (χ2v) is 6.97. The van der Waals surface area contributed by atoms with Gasteiger partial charge in [0.1, 0.15) is 0 Å². The van der Waals surface area contributed by atoms with Crippen LogP contribution in [-0.4, -0.2) is 30.4 Å². The molecule has 1 amide bonds. The van der Waals surface area contributed by atoms with Crippen molar-refractivity contribution in [1.82, 2.24) is 10.2 Å². The summed E-state index contributed by atoms with van der Waals surface area (Å²) in [6, 6.07) is 3.86. The number of amides is 1. The lowest BCUT2D eigenvalue weighted by atomic mass is 10.0. The maximum atomic E-state index is 12.3. The molecule has 0 aromatic carbocycles. The van der Waals surface area contributed by atoms with Gasteiger partial charge in [0.05, 0.1) is 10.9 Å². The maximum absolute atomic E-state index is 12.3. The van der Waals surface area contributed by atoms with Crippen molar-refractivity contribution in [2.75, 3.05) is 19.6 Å². The zero-order chi connectivity index (χ0) is 14.4. The van der Waals surface area contributed by atoms with Crippen LogP contribution in [0.3, 0.4) is 0 Å². The van der Waals surface area contributed by atoms with E-state index in [9.17, 15) is 4.79 Å². The Kier molecular flexibility index (Phi) is 6.07. The molecule has 0 spiro atoms. The van der Waals surface area contributed by atoms with Crippen LogP contribution in [0.1, 0.15) is 24.1 Å². The number of nitrogens with zero attached hydrogens (tertiary/aromatic N) is 1. The Morgan fingerprint density at radius 3 is 3.05 bits per heavy atom. The van der Waals surface area contributed by atoms with Crippen molar-refractivity contribution >= 4 is 28.8 Å². The van der Waals surface area contributed by atoms with Crippen LogP contribution in [0.2, 0.25) is 4.34 Å². The first kappa shape index (κ1) is 15.5. The van der Waals surface area contributed by atoms with Crippen LogP contribution < -0.4 is 5.32 Å². The Labute approximate surface area is 129 Å². The molecule has 3 nitrogen and oxygen atoms in total. The topological polar surface area (TPSA) is 32.3 Å². The van der Waals surface area contributed by atoms with Crippen LogP contribution in [0, 0.1) is 5.92 Å². The minimum absolute atomic E-state index is 0.210. The Morgan fingerprint density at radius 1 is 1.60 bits per heavy atom. The third-order valence-electron chi connectivity index (χ3n) is 3.61. The van der Waals surface area contributed by atoms with E-state index in [1.165, 1.54) is 17.8 Å². The third kappa shape index (κ3) is 4.62. The number of carbonyl (C=O) groups is 1. The van der Waals surface area contributed by atoms with Gasteiger partial charge in [-0.2, -0.15) is 0 Å². The number of hydrogen-bond acceptors (Lipinski definition) is 3. The fourth-order valence-corrected chi connectivity index (χ4v) is 3.59. The smallest absolute Gasteiger partial charge is 0.223 e. The Morgan fingerprint density at radius 2 is 2.45 bits per heavy atom. The summed E-state index contributed by atoms with van der Waals surface area (Å²) < 4.78 is 0.767. The number of thiophene rings is 1. The molecule has 1 atom stereocenters. The summed E-state index contributed by atoms with van der Waals surface area (Å²) in [7, 11) is 0. The minimum Gasteiger partial charge on any atom is -0.334 e. The summed E-state index contributed by atoms with van der Waals surface area (Å²) in [6.45, 7) is 7.10. The molecule has 1 fully saturated rings. The van der Waals surface area contributed by atoms with Gasteiger partial charge in [-0.1, -0.05) is 17.7 Å². The van der Waals surface area contributed by atoms with Gasteiger partial charge >= 0.3 is 0 Å². The predicted molar refractivity (Wildman–Crippen MR) is 85.2 cm³/mol. The fourth-order valence-electron chi connectivity index (χ4n) is 2.48. The average Bonchev–Trinajstić information content (AvgIpc) is 3.07. The van der Waals surface area contributed by atoms with Gasteiger partial charge in [-0.15, -0.1) is 17.9 Å². The second kappa shape index (κ2) is 7.81. The molecule has 1 aromatic rings. The first-order valence-corrected chi connectivity index (χ1v) is 8.22. The summed E-state index contributed by atoms with van der Waals surface area (Å²) in [5.41, 5.74) is 0. The van der Waals surface area contributed by atoms with Gasteiger partial charge in [-0.3, -0.25) is 4.79 Å². The summed E-state index contributed by atoms with van der Waals surface area (Å²) in [5.74, 6) is 0.863. The molecule has 2 rings (SSSR count). The fraction of sp³-hybridized carbons (Fsp3) is 0.533. The molecule has 1 N–H and O–H groups in total. The summed E-state index contributed by atoms with van der Waals surface area (Å²) in [5, 5.41) is 3.34. The molecule has 1 aliphatic heterocycles. The van der Waals surface area contributed by atoms with E-state index in [1.54, 1.807) is 6.08 Å². The van der Waals surface area contributed by atoms with E-state index in [4.69, 9.17) is 11.6 Å². The van der Waals surface area contributed by atoms with Crippen LogP contribution >= 0.6 is 22.9 Å². The molecule has 1 aliphatic rings. The number of halogens is 1. The summed E-state index contributed by atoms with van der Waals surface area (Å²) >= 11 is 7.47. The van der Waals surface area contributed by atoms with E-state index in [0.29, 0.717) is 25.4 Å². The molecule has 20 heavy (non-hydrogen) atoms. The van der Waals surface area contributed by atoms with Crippen LogP contribution in [0.25, 0.3) is 0 Å². The molecule has 0 bridgehead atoms. The van der Waals surface area contributed by atoms with Crippen molar-refractivity contribution in [2.24, 2.45) is 5.92 Å². The lowest BCUT2D eigenvalue weighted by Crippen LogP contribution is -2.30. The molecular weight excluding hydrogens is 292 g/mol. The third-order valence-corrected chi connectivity index (χ3v) is 4.82. The van der Waals surface area contributed by atoms with Crippen LogP contribution in [-0.2, 0) is 11.3 Å². The molecule has 2 heterocycles. The van der Waals surface area contributed by atoms with E-state index in [1.807, 2.05) is 17.0 Å². The van der Waals surface area contributed by atoms with Gasteiger partial charge in [-0.05, 0) is 44.0 Å². The van der Waals surface area contributed by atoms with Gasteiger partial charge in [0.25, 0.3) is 0 Å². The van der Waals surface area contributed by atoms with Crippen molar-refractivity contribution < 1.29 is 4.79 Å². The summed E-state index contributed by atoms with van der Waals surface area (Å²) in [6.07, 6.45) is 4.57. The van der Waals surface area contributed by atoms with Crippen LogP contribution in [0.4, 0.5) is 0 Å². The SMILES string of the molecule is C=CCN(Cc1ccc(Cl)s1)C(=O)CCC1CCNC1. The predicted octanol–water partition coefficient (Wildman–Crippen LogP) is 3.31. The van der Waals surface area contributed by atoms with E-state index in [2.05, 4.69) is 11.9 Å². The summed E-state index contributed by atoms with van der Waals surface area (Å²) in [4.78, 5) is 15.3. The molecular formula is C15H21ClN2OS. The quantitative estimate of drug-likeness (QED) is 0.783. The van der Waals surface area contributed by atoms with Gasteiger partial charge in [-0.25, -0.2) is 0 Å². The van der Waals surface area contributed by atoms with Crippen molar-refractivity contribution in [3.8, 4) is 0 Å². The minimum atomic E-state index is 0.210. The van der Waals surface area contributed by atoms with Gasteiger partial charge in [0.2, 0.25) is 5.91 Å². The highest BCUT2D eigenvalue weighted by atomic mass is 35.5. The zero-order valence-electron chi connectivity index (χ0n) is 11.6. The lowest BCUT2D eigenvalue weighted by molar-refractivity contribution is -0.131. The van der Waals surface area contributed by atoms with E-state index >= 15 is 0 Å². The molecule has 1 aromatic heterocycles. The number of hydrogen-bond donors (Lipinski definition) is 1. The highest BCUT2D eigenvalue weighted by Crippen LogP contribution is 2.23. The Hall–Kier alpha value is -0.840. The van der Waals surface area contributed by atoms with E-state index < -0.39 is 0 Å². The molecule has 1 unspecified atom stereocenters. The lowest BCUT2D eigenvalue weighted by Gasteiger charge is -2.21. The van der Waals surface area contributed by atoms with Crippen molar-refractivity contribution in [3.05, 3.63) is 34.0 Å².